The molecule has 0 saturated heterocycles. The fraction of sp³-hybridized carbons (Fsp3) is 0.647. The zero-order valence-corrected chi connectivity index (χ0v) is 13.1. The molecule has 0 aliphatic rings. The van der Waals surface area contributed by atoms with Crippen LogP contribution in [0.4, 0.5) is 0 Å². The third-order valence-electron chi connectivity index (χ3n) is 3.54. The van der Waals surface area contributed by atoms with E-state index in [1.165, 1.54) is 24.8 Å². The Labute approximate surface area is 119 Å². The van der Waals surface area contributed by atoms with Crippen LogP contribution in [0.1, 0.15) is 51.3 Å². The first-order valence-corrected chi connectivity index (χ1v) is 7.61. The molecule has 1 atom stereocenters. The van der Waals surface area contributed by atoms with Gasteiger partial charge in [-0.15, -0.1) is 0 Å². The van der Waals surface area contributed by atoms with Crippen molar-refractivity contribution in [1.29, 1.82) is 0 Å². The molecule has 0 spiro atoms. The third kappa shape index (κ3) is 5.33. The van der Waals surface area contributed by atoms with E-state index in [4.69, 9.17) is 4.74 Å². The fourth-order valence-electron chi connectivity index (χ4n) is 2.56. The molecule has 19 heavy (non-hydrogen) atoms. The molecule has 1 unspecified atom stereocenters. The maximum absolute atomic E-state index is 6.22. The monoisotopic (exact) mass is 264 g/mol. The van der Waals surface area contributed by atoms with E-state index in [9.17, 15) is 0 Å². The zero-order chi connectivity index (χ0) is 14.1. The summed E-state index contributed by atoms with van der Waals surface area (Å²) in [5.41, 5.74) is 1.29. The molecule has 1 rings (SSSR count). The third-order valence-corrected chi connectivity index (χ3v) is 3.54. The Balaban J connectivity index is 2.73. The molecule has 0 aliphatic heterocycles. The van der Waals surface area contributed by atoms with Gasteiger partial charge in [0.25, 0.3) is 0 Å². The Bertz CT molecular complexity index is 334. The molecule has 108 valence electrons. The summed E-state index contributed by atoms with van der Waals surface area (Å²) < 4.78 is 7.12. The summed E-state index contributed by atoms with van der Waals surface area (Å²) in [6.45, 7) is 6.46. The minimum atomic E-state index is 0.151. The second kappa shape index (κ2) is 8.34. The predicted octanol–water partition coefficient (Wildman–Crippen LogP) is 4.38. The Kier molecular flexibility index (Phi) is 7.11. The quantitative estimate of drug-likeness (QED) is 0.365. The molecule has 1 aromatic carbocycles. The van der Waals surface area contributed by atoms with Gasteiger partial charge in [0.1, 0.15) is 0 Å². The van der Waals surface area contributed by atoms with Gasteiger partial charge in [0.15, 0.2) is 0 Å². The number of hydrogen-bond donors (Lipinski definition) is 0. The highest BCUT2D eigenvalue weighted by molar-refractivity contribution is 5.15. The number of nitrogens with zero attached hydrogens (tertiary/aromatic N) is 1. The van der Waals surface area contributed by atoms with Gasteiger partial charge in [-0.25, -0.2) is 0 Å². The molecule has 0 fully saturated rings. The molecular formula is C17H30NO+. The van der Waals surface area contributed by atoms with E-state index in [2.05, 4.69) is 58.3 Å². The van der Waals surface area contributed by atoms with Crippen LogP contribution in [0.3, 0.4) is 0 Å². The molecule has 0 amide bonds. The van der Waals surface area contributed by atoms with Crippen LogP contribution in [0.5, 0.6) is 0 Å². The van der Waals surface area contributed by atoms with Crippen molar-refractivity contribution in [3.8, 4) is 0 Å². The molecule has 0 heterocycles. The van der Waals surface area contributed by atoms with Crippen LogP contribution in [-0.4, -0.2) is 31.7 Å². The first-order valence-electron chi connectivity index (χ1n) is 7.61. The SMILES string of the molecule is CCCCCOC(c1ccccc1)[N+](C)(C)CCC. The van der Waals surface area contributed by atoms with Crippen molar-refractivity contribution in [3.63, 3.8) is 0 Å². The minimum absolute atomic E-state index is 0.151. The van der Waals surface area contributed by atoms with E-state index in [1.807, 2.05) is 0 Å². The van der Waals surface area contributed by atoms with Crippen LogP contribution in [0.25, 0.3) is 0 Å². The maximum Gasteiger partial charge on any atom is 0.219 e. The van der Waals surface area contributed by atoms with Crippen molar-refractivity contribution < 1.29 is 9.22 Å². The topological polar surface area (TPSA) is 9.23 Å². The first-order chi connectivity index (χ1) is 9.11. The molecule has 0 aromatic heterocycles. The van der Waals surface area contributed by atoms with Crippen LogP contribution in [0, 0.1) is 0 Å². The van der Waals surface area contributed by atoms with Gasteiger partial charge in [0.05, 0.1) is 27.2 Å². The highest BCUT2D eigenvalue weighted by Crippen LogP contribution is 2.27. The molecule has 0 bridgehead atoms. The summed E-state index contributed by atoms with van der Waals surface area (Å²) >= 11 is 0. The van der Waals surface area contributed by atoms with Gasteiger partial charge in [-0.1, -0.05) is 57.0 Å². The van der Waals surface area contributed by atoms with Gasteiger partial charge in [-0.2, -0.15) is 0 Å². The van der Waals surface area contributed by atoms with Crippen LogP contribution < -0.4 is 0 Å². The van der Waals surface area contributed by atoms with Gasteiger partial charge in [-0.3, -0.25) is 4.48 Å². The molecule has 0 N–H and O–H groups in total. The Morgan fingerprint density at radius 2 is 1.68 bits per heavy atom. The summed E-state index contributed by atoms with van der Waals surface area (Å²) in [6.07, 6.45) is 4.98. The van der Waals surface area contributed by atoms with Crippen molar-refractivity contribution in [2.75, 3.05) is 27.2 Å². The van der Waals surface area contributed by atoms with E-state index in [0.717, 1.165) is 24.1 Å². The van der Waals surface area contributed by atoms with E-state index < -0.39 is 0 Å². The molecular weight excluding hydrogens is 234 g/mol. The van der Waals surface area contributed by atoms with Gasteiger partial charge in [0.2, 0.25) is 6.23 Å². The maximum atomic E-state index is 6.22. The summed E-state index contributed by atoms with van der Waals surface area (Å²) in [5.74, 6) is 0. The Morgan fingerprint density at radius 3 is 2.26 bits per heavy atom. The molecule has 2 nitrogen and oxygen atoms in total. The van der Waals surface area contributed by atoms with E-state index in [-0.39, 0.29) is 6.23 Å². The summed E-state index contributed by atoms with van der Waals surface area (Å²) in [4.78, 5) is 0. The lowest BCUT2D eigenvalue weighted by molar-refractivity contribution is -0.944. The lowest BCUT2D eigenvalue weighted by atomic mass is 10.1. The number of hydrogen-bond acceptors (Lipinski definition) is 1. The van der Waals surface area contributed by atoms with Crippen molar-refractivity contribution in [3.05, 3.63) is 35.9 Å². The van der Waals surface area contributed by atoms with Crippen LogP contribution in [0.2, 0.25) is 0 Å². The van der Waals surface area contributed by atoms with Gasteiger partial charge in [-0.05, 0) is 12.8 Å². The summed E-state index contributed by atoms with van der Waals surface area (Å²) in [7, 11) is 4.53. The second-order valence-corrected chi connectivity index (χ2v) is 5.84. The zero-order valence-electron chi connectivity index (χ0n) is 13.1. The number of benzene rings is 1. The average Bonchev–Trinajstić information content (AvgIpc) is 2.39. The Hall–Kier alpha value is -0.860. The van der Waals surface area contributed by atoms with Gasteiger partial charge < -0.3 is 4.74 Å². The number of quaternary nitrogens is 1. The minimum Gasteiger partial charge on any atom is -0.325 e. The molecule has 0 saturated carbocycles. The predicted molar refractivity (Wildman–Crippen MR) is 81.9 cm³/mol. The number of unbranched alkanes of at least 4 members (excludes halogenated alkanes) is 2. The first kappa shape index (κ1) is 16.2. The lowest BCUT2D eigenvalue weighted by Crippen LogP contribution is -2.45. The van der Waals surface area contributed by atoms with E-state index in [0.29, 0.717) is 0 Å². The van der Waals surface area contributed by atoms with Gasteiger partial charge in [0, 0.05) is 5.56 Å². The smallest absolute Gasteiger partial charge is 0.219 e. The highest BCUT2D eigenvalue weighted by atomic mass is 16.5. The van der Waals surface area contributed by atoms with E-state index in [1.54, 1.807) is 0 Å². The summed E-state index contributed by atoms with van der Waals surface area (Å²) in [5, 5.41) is 0. The average molecular weight is 264 g/mol. The molecule has 2 heteroatoms. The number of ether oxygens (including phenoxy) is 1. The van der Waals surface area contributed by atoms with Crippen molar-refractivity contribution in [2.45, 2.75) is 45.8 Å². The lowest BCUT2D eigenvalue weighted by Gasteiger charge is -2.37. The molecule has 1 aromatic rings. The highest BCUT2D eigenvalue weighted by Gasteiger charge is 2.29. The summed E-state index contributed by atoms with van der Waals surface area (Å²) in [6, 6.07) is 10.6. The largest absolute Gasteiger partial charge is 0.325 e. The molecule has 0 aliphatic carbocycles. The molecule has 0 radical (unpaired) electrons. The van der Waals surface area contributed by atoms with Crippen molar-refractivity contribution >= 4 is 0 Å². The Morgan fingerprint density at radius 1 is 1.00 bits per heavy atom. The van der Waals surface area contributed by atoms with Crippen LogP contribution in [-0.2, 0) is 4.74 Å². The number of rotatable bonds is 9. The second-order valence-electron chi connectivity index (χ2n) is 5.84. The van der Waals surface area contributed by atoms with Crippen LogP contribution >= 0.6 is 0 Å². The van der Waals surface area contributed by atoms with E-state index >= 15 is 0 Å². The standard InChI is InChI=1S/C17H30NO/c1-5-7-11-15-19-17(18(3,4)14-6-2)16-12-9-8-10-13-16/h8-10,12-13,17H,5-7,11,14-15H2,1-4H3/q+1. The normalized spacial score (nSPS) is 13.5. The van der Waals surface area contributed by atoms with Crippen LogP contribution in [0.15, 0.2) is 30.3 Å². The van der Waals surface area contributed by atoms with Crippen molar-refractivity contribution in [1.82, 2.24) is 0 Å². The van der Waals surface area contributed by atoms with Gasteiger partial charge >= 0.3 is 0 Å². The van der Waals surface area contributed by atoms with Crippen molar-refractivity contribution in [2.24, 2.45) is 0 Å². The fourth-order valence-corrected chi connectivity index (χ4v) is 2.56.